The first-order valence-electron chi connectivity index (χ1n) is 3.34. The smallest absolute Gasteiger partial charge is 0.148 e. The average Bonchev–Trinajstić information content (AvgIpc) is 1.98. The van der Waals surface area contributed by atoms with Gasteiger partial charge in [-0.2, -0.15) is 0 Å². The van der Waals surface area contributed by atoms with Gasteiger partial charge in [0.05, 0.1) is 0 Å². The summed E-state index contributed by atoms with van der Waals surface area (Å²) < 4.78 is 4.78. The van der Waals surface area contributed by atoms with Crippen molar-refractivity contribution in [3.05, 3.63) is 0 Å². The van der Waals surface area contributed by atoms with Crippen molar-refractivity contribution >= 4 is 6.29 Å². The largest absolute Gasteiger partial charge is 0.385 e. The second-order valence-electron chi connectivity index (χ2n) is 2.39. The summed E-state index contributed by atoms with van der Waals surface area (Å²) in [5, 5.41) is 8.93. The number of methoxy groups -OCH3 is 1. The molecule has 3 nitrogen and oxygen atoms in total. The minimum Gasteiger partial charge on any atom is -0.385 e. The summed E-state index contributed by atoms with van der Waals surface area (Å²) in [4.78, 5) is 10.0. The van der Waals surface area contributed by atoms with Crippen LogP contribution in [0.25, 0.3) is 0 Å². The Balaban J connectivity index is 3.40. The summed E-state index contributed by atoms with van der Waals surface area (Å²) in [6.07, 6.45) is 0.437. The Morgan fingerprint density at radius 1 is 1.70 bits per heavy atom. The van der Waals surface area contributed by atoms with Crippen molar-refractivity contribution in [2.75, 3.05) is 13.7 Å². The van der Waals surface area contributed by atoms with Crippen LogP contribution < -0.4 is 0 Å². The quantitative estimate of drug-likeness (QED) is 0.564. The minimum atomic E-state index is -0.838. The third kappa shape index (κ3) is 3.58. The predicted molar refractivity (Wildman–Crippen MR) is 37.7 cm³/mol. The Hall–Kier alpha value is -0.410. The fourth-order valence-corrected chi connectivity index (χ4v) is 0.609. The number of carbonyl (C=O) groups is 1. The molecule has 0 heterocycles. The lowest BCUT2D eigenvalue weighted by atomic mass is 10.0. The highest BCUT2D eigenvalue weighted by Gasteiger charge is 2.11. The highest BCUT2D eigenvalue weighted by atomic mass is 16.5. The average molecular weight is 146 g/mol. The molecule has 0 amide bonds. The molecule has 0 saturated heterocycles. The molecule has 0 bridgehead atoms. The van der Waals surface area contributed by atoms with Crippen LogP contribution in [-0.4, -0.2) is 31.2 Å². The molecular weight excluding hydrogens is 132 g/mol. The Labute approximate surface area is 61.0 Å². The van der Waals surface area contributed by atoms with Gasteiger partial charge in [-0.15, -0.1) is 0 Å². The molecule has 3 heteroatoms. The van der Waals surface area contributed by atoms with Gasteiger partial charge >= 0.3 is 0 Å². The number of aldehydes is 1. The van der Waals surface area contributed by atoms with Crippen LogP contribution in [0.15, 0.2) is 0 Å². The molecule has 10 heavy (non-hydrogen) atoms. The molecular formula is C7H14O3. The second kappa shape index (κ2) is 5.38. The van der Waals surface area contributed by atoms with E-state index >= 15 is 0 Å². The molecule has 2 atom stereocenters. The summed E-state index contributed by atoms with van der Waals surface area (Å²) in [7, 11) is 1.60. The van der Waals surface area contributed by atoms with Crippen LogP contribution >= 0.6 is 0 Å². The van der Waals surface area contributed by atoms with Crippen molar-refractivity contribution in [1.82, 2.24) is 0 Å². The fourth-order valence-electron chi connectivity index (χ4n) is 0.609. The maximum absolute atomic E-state index is 10.0. The molecule has 60 valence electrons. The summed E-state index contributed by atoms with van der Waals surface area (Å²) in [5.74, 6) is -0.00236. The molecule has 0 aliphatic carbocycles. The first kappa shape index (κ1) is 9.59. The van der Waals surface area contributed by atoms with Crippen molar-refractivity contribution < 1.29 is 14.6 Å². The number of ether oxygens (including phenoxy) is 1. The maximum Gasteiger partial charge on any atom is 0.148 e. The molecule has 0 aromatic heterocycles. The molecule has 2 unspecified atom stereocenters. The monoisotopic (exact) mass is 146 g/mol. The molecule has 0 aromatic carbocycles. The van der Waals surface area contributed by atoms with Gasteiger partial charge in [-0.3, -0.25) is 0 Å². The zero-order valence-corrected chi connectivity index (χ0v) is 6.41. The Kier molecular flexibility index (Phi) is 5.16. The molecule has 0 radical (unpaired) electrons. The van der Waals surface area contributed by atoms with Gasteiger partial charge in [0.15, 0.2) is 0 Å². The van der Waals surface area contributed by atoms with Gasteiger partial charge in [0.25, 0.3) is 0 Å². The minimum absolute atomic E-state index is 0.00236. The van der Waals surface area contributed by atoms with E-state index in [1.54, 1.807) is 7.11 Å². The molecule has 0 aliphatic rings. The van der Waals surface area contributed by atoms with Crippen LogP contribution in [0.5, 0.6) is 0 Å². The van der Waals surface area contributed by atoms with E-state index in [4.69, 9.17) is 9.84 Å². The Morgan fingerprint density at radius 3 is 2.70 bits per heavy atom. The zero-order valence-electron chi connectivity index (χ0n) is 6.41. The van der Waals surface area contributed by atoms with E-state index in [1.807, 2.05) is 6.92 Å². The highest BCUT2D eigenvalue weighted by molar-refractivity contribution is 5.55. The van der Waals surface area contributed by atoms with E-state index in [9.17, 15) is 4.79 Å². The second-order valence-corrected chi connectivity index (χ2v) is 2.39. The predicted octanol–water partition coefficient (Wildman–Crippen LogP) is 0.219. The standard InChI is InChI=1S/C7H14O3/c1-6(3-4-10-2)7(9)5-8/h5-7,9H,3-4H2,1-2H3. The van der Waals surface area contributed by atoms with Gasteiger partial charge in [0.2, 0.25) is 0 Å². The Morgan fingerprint density at radius 2 is 2.30 bits per heavy atom. The fraction of sp³-hybridized carbons (Fsp3) is 0.857. The highest BCUT2D eigenvalue weighted by Crippen LogP contribution is 2.05. The number of hydrogen-bond acceptors (Lipinski definition) is 3. The maximum atomic E-state index is 10.0. The summed E-state index contributed by atoms with van der Waals surface area (Å²) in [6, 6.07) is 0. The number of rotatable bonds is 5. The van der Waals surface area contributed by atoms with Crippen molar-refractivity contribution in [2.45, 2.75) is 19.4 Å². The number of carbonyl (C=O) groups excluding carboxylic acids is 1. The summed E-state index contributed by atoms with van der Waals surface area (Å²) >= 11 is 0. The van der Waals surface area contributed by atoms with Gasteiger partial charge in [-0.05, 0) is 12.3 Å². The van der Waals surface area contributed by atoms with E-state index in [0.29, 0.717) is 12.9 Å². The zero-order chi connectivity index (χ0) is 7.98. The van der Waals surface area contributed by atoms with Crippen LogP contribution in [0.2, 0.25) is 0 Å². The van der Waals surface area contributed by atoms with E-state index in [0.717, 1.165) is 6.42 Å². The van der Waals surface area contributed by atoms with Crippen LogP contribution in [0.4, 0.5) is 0 Å². The van der Waals surface area contributed by atoms with Crippen molar-refractivity contribution in [3.63, 3.8) is 0 Å². The number of aliphatic hydroxyl groups excluding tert-OH is 1. The Bertz CT molecular complexity index is 92.9. The molecule has 0 spiro atoms. The molecule has 0 saturated carbocycles. The third-order valence-corrected chi connectivity index (χ3v) is 1.50. The summed E-state index contributed by atoms with van der Waals surface area (Å²) in [5.41, 5.74) is 0. The van der Waals surface area contributed by atoms with E-state index in [1.165, 1.54) is 0 Å². The van der Waals surface area contributed by atoms with E-state index < -0.39 is 6.10 Å². The lowest BCUT2D eigenvalue weighted by Gasteiger charge is -2.11. The van der Waals surface area contributed by atoms with Crippen molar-refractivity contribution in [1.29, 1.82) is 0 Å². The van der Waals surface area contributed by atoms with E-state index in [2.05, 4.69) is 0 Å². The van der Waals surface area contributed by atoms with Gasteiger partial charge in [0.1, 0.15) is 12.4 Å². The van der Waals surface area contributed by atoms with Gasteiger partial charge in [0, 0.05) is 13.7 Å². The first-order chi connectivity index (χ1) is 4.72. The van der Waals surface area contributed by atoms with E-state index in [-0.39, 0.29) is 5.92 Å². The van der Waals surface area contributed by atoms with Gasteiger partial charge in [-0.1, -0.05) is 6.92 Å². The van der Waals surface area contributed by atoms with Gasteiger partial charge < -0.3 is 14.6 Å². The third-order valence-electron chi connectivity index (χ3n) is 1.50. The topological polar surface area (TPSA) is 46.5 Å². The van der Waals surface area contributed by atoms with Gasteiger partial charge in [-0.25, -0.2) is 0 Å². The molecule has 0 rings (SSSR count). The summed E-state index contributed by atoms with van der Waals surface area (Å²) in [6.45, 7) is 2.41. The number of hydrogen-bond donors (Lipinski definition) is 1. The van der Waals surface area contributed by atoms with Crippen LogP contribution in [0.1, 0.15) is 13.3 Å². The normalized spacial score (nSPS) is 16.3. The molecule has 0 aliphatic heterocycles. The van der Waals surface area contributed by atoms with Crippen LogP contribution in [0, 0.1) is 5.92 Å². The van der Waals surface area contributed by atoms with Crippen molar-refractivity contribution in [2.24, 2.45) is 5.92 Å². The molecule has 1 N–H and O–H groups in total. The molecule has 0 aromatic rings. The molecule has 0 fully saturated rings. The lowest BCUT2D eigenvalue weighted by molar-refractivity contribution is -0.117. The van der Waals surface area contributed by atoms with Crippen molar-refractivity contribution in [3.8, 4) is 0 Å². The lowest BCUT2D eigenvalue weighted by Crippen LogP contribution is -2.20. The van der Waals surface area contributed by atoms with Crippen LogP contribution in [0.3, 0.4) is 0 Å². The number of aliphatic hydroxyl groups is 1. The van der Waals surface area contributed by atoms with Crippen LogP contribution in [-0.2, 0) is 9.53 Å². The first-order valence-corrected chi connectivity index (χ1v) is 3.34. The SMILES string of the molecule is COCCC(C)C(O)C=O.